The second-order valence-corrected chi connectivity index (χ2v) is 18.8. The molecule has 0 aliphatic heterocycles. The highest BCUT2D eigenvalue weighted by atomic mass is 16.3. The summed E-state index contributed by atoms with van der Waals surface area (Å²) in [5.41, 5.74) is 18.9. The minimum Gasteiger partial charge on any atom is -0.455 e. The summed E-state index contributed by atoms with van der Waals surface area (Å²) < 4.78 is 13.3. The van der Waals surface area contributed by atoms with E-state index in [1.807, 2.05) is 12.1 Å². The monoisotopic (exact) mass is 869 g/mol. The lowest BCUT2D eigenvalue weighted by atomic mass is 9.81. The van der Waals surface area contributed by atoms with Crippen LogP contribution in [0.25, 0.3) is 110 Å². The molecule has 0 atom stereocenters. The summed E-state index contributed by atoms with van der Waals surface area (Å²) in [6.07, 6.45) is 0. The van der Waals surface area contributed by atoms with Gasteiger partial charge in [0.1, 0.15) is 22.3 Å². The highest BCUT2D eigenvalue weighted by Gasteiger charge is 2.35. The first-order valence-corrected chi connectivity index (χ1v) is 23.5. The molecular weight excluding hydrogens is 827 g/mol. The predicted octanol–water partition coefficient (Wildman–Crippen LogP) is 18.6. The number of benzene rings is 11. The molecule has 0 unspecified atom stereocenters. The second-order valence-electron chi connectivity index (χ2n) is 18.8. The molecule has 1 aliphatic rings. The molecule has 0 saturated carbocycles. The number of para-hydroxylation sites is 2. The molecule has 2 aromatic heterocycles. The fraction of sp³-hybridized carbons (Fsp3) is 0.0462. The van der Waals surface area contributed by atoms with Crippen molar-refractivity contribution in [3.05, 3.63) is 236 Å². The summed E-state index contributed by atoms with van der Waals surface area (Å²) in [5.74, 6) is 0. The molecule has 3 heteroatoms. The van der Waals surface area contributed by atoms with Crippen LogP contribution in [0.1, 0.15) is 25.0 Å². The number of furan rings is 2. The molecule has 3 nitrogen and oxygen atoms in total. The van der Waals surface area contributed by atoms with Gasteiger partial charge in [-0.3, -0.25) is 0 Å². The highest BCUT2D eigenvalue weighted by molar-refractivity contribution is 6.23. The van der Waals surface area contributed by atoms with E-state index < -0.39 is 0 Å². The quantitative estimate of drug-likeness (QED) is 0.167. The van der Waals surface area contributed by atoms with Crippen LogP contribution >= 0.6 is 0 Å². The smallest absolute Gasteiger partial charge is 0.143 e. The van der Waals surface area contributed by atoms with E-state index in [1.165, 1.54) is 54.9 Å². The van der Waals surface area contributed by atoms with Crippen LogP contribution in [0.5, 0.6) is 0 Å². The second kappa shape index (κ2) is 14.7. The van der Waals surface area contributed by atoms with E-state index >= 15 is 0 Å². The first-order chi connectivity index (χ1) is 33.5. The summed E-state index contributed by atoms with van der Waals surface area (Å²) in [4.78, 5) is 2.36. The first-order valence-electron chi connectivity index (χ1n) is 23.5. The van der Waals surface area contributed by atoms with Gasteiger partial charge in [-0.25, -0.2) is 0 Å². The van der Waals surface area contributed by atoms with Gasteiger partial charge in [-0.1, -0.05) is 172 Å². The topological polar surface area (TPSA) is 29.5 Å². The van der Waals surface area contributed by atoms with E-state index in [-0.39, 0.29) is 5.41 Å². The standard InChI is InChI=1S/C65H43NO2/c1-65(2)57-20-10-7-17-51(57)52-36-29-43(39-58(52)65)40-23-30-46(31-24-40)66(47-32-25-41(26-33-47)55-37-44-13-3-5-15-49(44)61-53-18-8-11-21-59(53)67-63(55)61)48-34-27-42(28-35-48)56-38-45-14-4-6-16-50(45)62-54-19-9-12-22-60(54)68-64(56)62/h3-39H,1-2H3. The zero-order chi connectivity index (χ0) is 45.1. The number of anilines is 3. The third-order valence-corrected chi connectivity index (χ3v) is 14.7. The Morgan fingerprint density at radius 1 is 0.324 bits per heavy atom. The predicted molar refractivity (Wildman–Crippen MR) is 285 cm³/mol. The number of nitrogens with zero attached hydrogens (tertiary/aromatic N) is 1. The molecule has 11 aromatic carbocycles. The zero-order valence-electron chi connectivity index (χ0n) is 37.6. The Kier molecular flexibility index (Phi) is 8.33. The van der Waals surface area contributed by atoms with Crippen molar-refractivity contribution in [3.8, 4) is 44.5 Å². The van der Waals surface area contributed by atoms with Gasteiger partial charge >= 0.3 is 0 Å². The lowest BCUT2D eigenvalue weighted by Crippen LogP contribution is -2.14. The average molecular weight is 870 g/mol. The summed E-state index contributed by atoms with van der Waals surface area (Å²) in [7, 11) is 0. The number of hydrogen-bond acceptors (Lipinski definition) is 3. The van der Waals surface area contributed by atoms with Crippen LogP contribution in [0.3, 0.4) is 0 Å². The van der Waals surface area contributed by atoms with Crippen LogP contribution in [0.2, 0.25) is 0 Å². The van der Waals surface area contributed by atoms with Crippen molar-refractivity contribution in [1.82, 2.24) is 0 Å². The van der Waals surface area contributed by atoms with Crippen molar-refractivity contribution in [3.63, 3.8) is 0 Å². The molecule has 320 valence electrons. The summed E-state index contributed by atoms with van der Waals surface area (Å²) >= 11 is 0. The van der Waals surface area contributed by atoms with Crippen LogP contribution in [0.4, 0.5) is 17.1 Å². The number of fused-ring (bicyclic) bond motifs is 13. The Morgan fingerprint density at radius 3 is 1.26 bits per heavy atom. The molecule has 68 heavy (non-hydrogen) atoms. The fourth-order valence-corrected chi connectivity index (χ4v) is 11.3. The SMILES string of the molecule is CC1(C)c2ccccc2-c2ccc(-c3ccc(N(c4ccc(-c5cc6ccccc6c6c5oc5ccccc56)cc4)c4ccc(-c5cc6ccccc6c6c5oc5ccccc56)cc4)cc3)cc21. The van der Waals surface area contributed by atoms with Gasteiger partial charge in [0.2, 0.25) is 0 Å². The van der Waals surface area contributed by atoms with Gasteiger partial charge in [0.25, 0.3) is 0 Å². The average Bonchev–Trinajstić information content (AvgIpc) is 4.05. The number of hydrogen-bond donors (Lipinski definition) is 0. The van der Waals surface area contributed by atoms with Crippen molar-refractivity contribution in [2.24, 2.45) is 0 Å². The Balaban J connectivity index is 0.887. The molecule has 1 aliphatic carbocycles. The van der Waals surface area contributed by atoms with Crippen LogP contribution in [-0.2, 0) is 5.41 Å². The molecule has 2 heterocycles. The fourth-order valence-electron chi connectivity index (χ4n) is 11.3. The largest absolute Gasteiger partial charge is 0.455 e. The van der Waals surface area contributed by atoms with E-state index in [2.05, 4.69) is 231 Å². The van der Waals surface area contributed by atoms with Crippen LogP contribution in [0, 0.1) is 0 Å². The van der Waals surface area contributed by atoms with Crippen molar-refractivity contribution in [1.29, 1.82) is 0 Å². The van der Waals surface area contributed by atoms with Crippen molar-refractivity contribution >= 4 is 82.5 Å². The Morgan fingerprint density at radius 2 is 0.735 bits per heavy atom. The van der Waals surface area contributed by atoms with Gasteiger partial charge in [-0.2, -0.15) is 0 Å². The number of rotatable bonds is 6. The van der Waals surface area contributed by atoms with Crippen LogP contribution in [0.15, 0.2) is 233 Å². The molecular formula is C65H43NO2. The zero-order valence-corrected chi connectivity index (χ0v) is 37.6. The van der Waals surface area contributed by atoms with Crippen LogP contribution in [-0.4, -0.2) is 0 Å². The van der Waals surface area contributed by atoms with Gasteiger partial charge < -0.3 is 13.7 Å². The molecule has 0 N–H and O–H groups in total. The molecule has 0 saturated heterocycles. The maximum atomic E-state index is 6.66. The highest BCUT2D eigenvalue weighted by Crippen LogP contribution is 2.50. The lowest BCUT2D eigenvalue weighted by molar-refractivity contribution is 0.660. The molecule has 0 fully saturated rings. The summed E-state index contributed by atoms with van der Waals surface area (Å²) in [6, 6.07) is 81.3. The minimum absolute atomic E-state index is 0.0664. The van der Waals surface area contributed by atoms with Crippen molar-refractivity contribution < 1.29 is 8.83 Å². The van der Waals surface area contributed by atoms with E-state index in [4.69, 9.17) is 8.83 Å². The molecule has 13 aromatic rings. The Labute approximate surface area is 393 Å². The molecule has 0 spiro atoms. The molecule has 0 amide bonds. The van der Waals surface area contributed by atoms with E-state index in [0.717, 1.165) is 83.2 Å². The van der Waals surface area contributed by atoms with Gasteiger partial charge in [0, 0.05) is 55.1 Å². The Hall–Kier alpha value is -8.66. The van der Waals surface area contributed by atoms with E-state index in [9.17, 15) is 0 Å². The van der Waals surface area contributed by atoms with Crippen LogP contribution < -0.4 is 4.90 Å². The summed E-state index contributed by atoms with van der Waals surface area (Å²) in [5, 5.41) is 9.35. The molecule has 0 radical (unpaired) electrons. The van der Waals surface area contributed by atoms with Crippen molar-refractivity contribution in [2.75, 3.05) is 4.90 Å². The summed E-state index contributed by atoms with van der Waals surface area (Å²) in [6.45, 7) is 4.69. The molecule has 14 rings (SSSR count). The Bertz CT molecular complexity index is 3950. The van der Waals surface area contributed by atoms with Gasteiger partial charge in [0.05, 0.1) is 0 Å². The van der Waals surface area contributed by atoms with Gasteiger partial charge in [-0.15, -0.1) is 0 Å². The van der Waals surface area contributed by atoms with Gasteiger partial charge in [-0.05, 0) is 133 Å². The first kappa shape index (κ1) is 38.6. The third kappa shape index (κ3) is 5.79. The van der Waals surface area contributed by atoms with E-state index in [0.29, 0.717) is 0 Å². The van der Waals surface area contributed by atoms with Crippen molar-refractivity contribution in [2.45, 2.75) is 19.3 Å². The lowest BCUT2D eigenvalue weighted by Gasteiger charge is -2.26. The third-order valence-electron chi connectivity index (χ3n) is 14.7. The minimum atomic E-state index is -0.0664. The maximum Gasteiger partial charge on any atom is 0.143 e. The van der Waals surface area contributed by atoms with Gasteiger partial charge in [0.15, 0.2) is 0 Å². The van der Waals surface area contributed by atoms with E-state index in [1.54, 1.807) is 0 Å². The maximum absolute atomic E-state index is 6.66. The normalized spacial score (nSPS) is 13.0. The molecule has 0 bridgehead atoms.